The first-order chi connectivity index (χ1) is 10.2. The second-order valence-electron chi connectivity index (χ2n) is 4.71. The van der Waals surface area contributed by atoms with Crippen LogP contribution in [0.1, 0.15) is 11.9 Å². The summed E-state index contributed by atoms with van der Waals surface area (Å²) in [6.45, 7) is 1.33. The number of nitrogens with two attached hydrogens (primary N) is 1. The first-order valence-corrected chi connectivity index (χ1v) is 6.62. The minimum absolute atomic E-state index is 0.119. The SMILES string of the molecule is Nc1cnn(CC(=O)Nc2ccc(C3OCCO3)cc2)c1. The highest BCUT2D eigenvalue weighted by molar-refractivity contribution is 5.90. The van der Waals surface area contributed by atoms with Gasteiger partial charge in [0.15, 0.2) is 6.29 Å². The van der Waals surface area contributed by atoms with Gasteiger partial charge in [-0.3, -0.25) is 9.48 Å². The van der Waals surface area contributed by atoms with E-state index >= 15 is 0 Å². The van der Waals surface area contributed by atoms with E-state index in [9.17, 15) is 4.79 Å². The fourth-order valence-electron chi connectivity index (χ4n) is 2.09. The van der Waals surface area contributed by atoms with Crippen molar-refractivity contribution >= 4 is 17.3 Å². The lowest BCUT2D eigenvalue weighted by Crippen LogP contribution is -2.19. The Hall–Kier alpha value is -2.38. The fraction of sp³-hybridized carbons (Fsp3) is 0.286. The Bertz CT molecular complexity index is 617. The number of nitrogen functional groups attached to an aromatic ring is 1. The number of hydrogen-bond acceptors (Lipinski definition) is 5. The summed E-state index contributed by atoms with van der Waals surface area (Å²) >= 11 is 0. The molecule has 1 amide bonds. The molecule has 21 heavy (non-hydrogen) atoms. The van der Waals surface area contributed by atoms with Crippen LogP contribution in [0.4, 0.5) is 11.4 Å². The van der Waals surface area contributed by atoms with Crippen molar-refractivity contribution in [3.63, 3.8) is 0 Å². The molecule has 0 radical (unpaired) electrons. The maximum absolute atomic E-state index is 11.9. The number of anilines is 2. The molecule has 0 saturated carbocycles. The number of nitrogens with one attached hydrogen (secondary N) is 1. The van der Waals surface area contributed by atoms with Crippen LogP contribution in [0.3, 0.4) is 0 Å². The van der Waals surface area contributed by atoms with E-state index in [2.05, 4.69) is 10.4 Å². The Morgan fingerprint density at radius 3 is 2.67 bits per heavy atom. The molecule has 1 saturated heterocycles. The van der Waals surface area contributed by atoms with Gasteiger partial charge >= 0.3 is 0 Å². The highest BCUT2D eigenvalue weighted by atomic mass is 16.7. The molecule has 1 fully saturated rings. The minimum atomic E-state index is -0.304. The van der Waals surface area contributed by atoms with Crippen molar-refractivity contribution in [3.05, 3.63) is 42.2 Å². The zero-order valence-corrected chi connectivity index (χ0v) is 11.4. The molecular formula is C14H16N4O3. The largest absolute Gasteiger partial charge is 0.396 e. The van der Waals surface area contributed by atoms with Crippen molar-refractivity contribution in [2.75, 3.05) is 24.3 Å². The van der Waals surface area contributed by atoms with Crippen LogP contribution in [-0.4, -0.2) is 28.9 Å². The second kappa shape index (κ2) is 5.94. The smallest absolute Gasteiger partial charge is 0.246 e. The molecule has 3 N–H and O–H groups in total. The molecule has 7 heteroatoms. The van der Waals surface area contributed by atoms with E-state index < -0.39 is 0 Å². The van der Waals surface area contributed by atoms with E-state index in [0.717, 1.165) is 5.56 Å². The van der Waals surface area contributed by atoms with Crippen molar-refractivity contribution in [1.82, 2.24) is 9.78 Å². The molecule has 0 atom stereocenters. The van der Waals surface area contributed by atoms with E-state index in [-0.39, 0.29) is 18.7 Å². The molecule has 1 aromatic heterocycles. The lowest BCUT2D eigenvalue weighted by atomic mass is 10.2. The first-order valence-electron chi connectivity index (χ1n) is 6.62. The van der Waals surface area contributed by atoms with Crippen LogP contribution in [0.2, 0.25) is 0 Å². The molecule has 2 aromatic rings. The summed E-state index contributed by atoms with van der Waals surface area (Å²) in [6.07, 6.45) is 2.81. The molecule has 2 heterocycles. The van der Waals surface area contributed by atoms with Crippen LogP contribution >= 0.6 is 0 Å². The van der Waals surface area contributed by atoms with Gasteiger partial charge in [0.1, 0.15) is 6.54 Å². The summed E-state index contributed by atoms with van der Waals surface area (Å²) < 4.78 is 12.3. The highest BCUT2D eigenvalue weighted by Gasteiger charge is 2.17. The Labute approximate surface area is 121 Å². The molecule has 1 aromatic carbocycles. The average Bonchev–Trinajstić information content (AvgIpc) is 3.11. The van der Waals surface area contributed by atoms with Gasteiger partial charge in [0, 0.05) is 17.4 Å². The molecule has 0 unspecified atom stereocenters. The van der Waals surface area contributed by atoms with E-state index in [0.29, 0.717) is 24.6 Å². The van der Waals surface area contributed by atoms with E-state index in [1.807, 2.05) is 24.3 Å². The van der Waals surface area contributed by atoms with Crippen molar-refractivity contribution in [2.24, 2.45) is 0 Å². The van der Waals surface area contributed by atoms with Crippen LogP contribution in [0.25, 0.3) is 0 Å². The van der Waals surface area contributed by atoms with Gasteiger partial charge in [-0.05, 0) is 12.1 Å². The monoisotopic (exact) mass is 288 g/mol. The van der Waals surface area contributed by atoms with Crippen molar-refractivity contribution < 1.29 is 14.3 Å². The van der Waals surface area contributed by atoms with Gasteiger partial charge in [-0.15, -0.1) is 0 Å². The molecule has 1 aliphatic heterocycles. The third-order valence-electron chi connectivity index (χ3n) is 3.05. The molecule has 7 nitrogen and oxygen atoms in total. The molecule has 110 valence electrons. The number of benzene rings is 1. The zero-order valence-electron chi connectivity index (χ0n) is 11.4. The maximum Gasteiger partial charge on any atom is 0.246 e. The molecular weight excluding hydrogens is 272 g/mol. The number of amides is 1. The summed E-state index contributed by atoms with van der Waals surface area (Å²) in [6, 6.07) is 7.38. The number of nitrogens with zero attached hydrogens (tertiary/aromatic N) is 2. The summed E-state index contributed by atoms with van der Waals surface area (Å²) in [5.41, 5.74) is 7.72. The van der Waals surface area contributed by atoms with Crippen LogP contribution < -0.4 is 11.1 Å². The van der Waals surface area contributed by atoms with Crippen LogP contribution in [0.5, 0.6) is 0 Å². The lowest BCUT2D eigenvalue weighted by Gasteiger charge is -2.10. The van der Waals surface area contributed by atoms with Gasteiger partial charge < -0.3 is 20.5 Å². The van der Waals surface area contributed by atoms with Crippen LogP contribution in [0, 0.1) is 0 Å². The topological polar surface area (TPSA) is 91.4 Å². The van der Waals surface area contributed by atoms with E-state index in [1.54, 1.807) is 6.20 Å². The summed E-state index contributed by atoms with van der Waals surface area (Å²) in [5, 5.41) is 6.76. The maximum atomic E-state index is 11.9. The number of rotatable bonds is 4. The standard InChI is InChI=1S/C14H16N4O3/c15-11-7-16-18(8-11)9-13(19)17-12-3-1-10(2-4-12)14-20-5-6-21-14/h1-4,7-8,14H,5-6,9,15H2,(H,17,19). The van der Waals surface area contributed by atoms with Gasteiger partial charge in [-0.1, -0.05) is 12.1 Å². The number of hydrogen-bond donors (Lipinski definition) is 2. The van der Waals surface area contributed by atoms with Crippen molar-refractivity contribution in [2.45, 2.75) is 12.8 Å². The Kier molecular flexibility index (Phi) is 3.85. The van der Waals surface area contributed by atoms with E-state index in [4.69, 9.17) is 15.2 Å². The van der Waals surface area contributed by atoms with Crippen molar-refractivity contribution in [1.29, 1.82) is 0 Å². The van der Waals surface area contributed by atoms with Crippen molar-refractivity contribution in [3.8, 4) is 0 Å². The minimum Gasteiger partial charge on any atom is -0.396 e. The summed E-state index contributed by atoms with van der Waals surface area (Å²) in [5.74, 6) is -0.167. The quantitative estimate of drug-likeness (QED) is 0.880. The third kappa shape index (κ3) is 3.39. The van der Waals surface area contributed by atoms with Crippen LogP contribution in [-0.2, 0) is 20.8 Å². The fourth-order valence-corrected chi connectivity index (χ4v) is 2.09. The summed E-state index contributed by atoms with van der Waals surface area (Å²) in [4.78, 5) is 11.9. The normalized spacial score (nSPS) is 15.2. The number of carbonyl (C=O) groups is 1. The number of carbonyl (C=O) groups excluding carboxylic acids is 1. The Balaban J connectivity index is 1.58. The van der Waals surface area contributed by atoms with Gasteiger partial charge in [0.2, 0.25) is 5.91 Å². The Morgan fingerprint density at radius 1 is 1.33 bits per heavy atom. The van der Waals surface area contributed by atoms with Gasteiger partial charge in [0.05, 0.1) is 25.1 Å². The molecule has 0 aliphatic carbocycles. The molecule has 3 rings (SSSR count). The average molecular weight is 288 g/mol. The molecule has 1 aliphatic rings. The predicted molar refractivity (Wildman–Crippen MR) is 76.4 cm³/mol. The molecule has 0 spiro atoms. The number of ether oxygens (including phenoxy) is 2. The summed E-state index contributed by atoms with van der Waals surface area (Å²) in [7, 11) is 0. The zero-order chi connectivity index (χ0) is 14.7. The molecule has 0 bridgehead atoms. The van der Waals surface area contributed by atoms with Gasteiger partial charge in [0.25, 0.3) is 0 Å². The first kappa shape index (κ1) is 13.6. The second-order valence-corrected chi connectivity index (χ2v) is 4.71. The van der Waals surface area contributed by atoms with Crippen LogP contribution in [0.15, 0.2) is 36.7 Å². The predicted octanol–water partition coefficient (Wildman–Crippen LogP) is 1.15. The van der Waals surface area contributed by atoms with E-state index in [1.165, 1.54) is 10.9 Å². The number of aromatic nitrogens is 2. The van der Waals surface area contributed by atoms with Gasteiger partial charge in [-0.2, -0.15) is 5.10 Å². The third-order valence-corrected chi connectivity index (χ3v) is 3.05. The lowest BCUT2D eigenvalue weighted by molar-refractivity contribution is -0.116. The highest BCUT2D eigenvalue weighted by Crippen LogP contribution is 2.24. The Morgan fingerprint density at radius 2 is 2.05 bits per heavy atom. The van der Waals surface area contributed by atoms with Gasteiger partial charge in [-0.25, -0.2) is 0 Å².